The number of hydrogen-bond donors (Lipinski definition) is 2. The number of hydrogen-bond acceptors (Lipinski definition) is 6. The molecule has 0 atom stereocenters. The van der Waals surface area contributed by atoms with Gasteiger partial charge in [0.05, 0.1) is 13.7 Å². The molecule has 0 bridgehead atoms. The second-order valence-corrected chi connectivity index (χ2v) is 6.20. The van der Waals surface area contributed by atoms with Crippen LogP contribution >= 0.6 is 0 Å². The van der Waals surface area contributed by atoms with E-state index in [0.717, 1.165) is 19.3 Å². The highest BCUT2D eigenvalue weighted by Gasteiger charge is 2.20. The van der Waals surface area contributed by atoms with Crippen LogP contribution in [0.3, 0.4) is 0 Å². The average Bonchev–Trinajstić information content (AvgIpc) is 3.14. The molecule has 0 radical (unpaired) electrons. The van der Waals surface area contributed by atoms with Crippen LogP contribution in [0.1, 0.15) is 38.2 Å². The molecule has 10 heteroatoms. The number of esters is 1. The monoisotopic (exact) mass is 415 g/mol. The number of nitrogens with one attached hydrogen (secondary N) is 2. The lowest BCUT2D eigenvalue weighted by molar-refractivity contribution is -0.140. The lowest BCUT2D eigenvalue weighted by Gasteiger charge is -2.13. The number of guanidine groups is 1. The zero-order valence-electron chi connectivity index (χ0n) is 16.6. The van der Waals surface area contributed by atoms with E-state index in [1.54, 1.807) is 6.07 Å². The van der Waals surface area contributed by atoms with Gasteiger partial charge in [-0.05, 0) is 25.8 Å². The first-order valence-electron chi connectivity index (χ1n) is 9.49. The molecule has 0 saturated heterocycles. The predicted octanol–water partition coefficient (Wildman–Crippen LogP) is 2.81. The number of halogens is 2. The van der Waals surface area contributed by atoms with Crippen molar-refractivity contribution in [3.63, 3.8) is 0 Å². The number of nitrogens with zero attached hydrogens (tertiary/aromatic N) is 1. The van der Waals surface area contributed by atoms with Crippen LogP contribution in [0.5, 0.6) is 17.2 Å². The van der Waals surface area contributed by atoms with Crippen molar-refractivity contribution in [2.45, 2.75) is 45.8 Å². The summed E-state index contributed by atoms with van der Waals surface area (Å²) in [5.41, 5.74) is 0.463. The van der Waals surface area contributed by atoms with Crippen molar-refractivity contribution in [2.24, 2.45) is 4.99 Å². The summed E-state index contributed by atoms with van der Waals surface area (Å²) in [4.78, 5) is 15.5. The molecule has 0 aliphatic carbocycles. The smallest absolute Gasteiger partial charge is 0.387 e. The van der Waals surface area contributed by atoms with E-state index >= 15 is 0 Å². The minimum Gasteiger partial charge on any atom is -0.469 e. The minimum atomic E-state index is -2.95. The Balaban J connectivity index is 1.92. The Morgan fingerprint density at radius 2 is 1.97 bits per heavy atom. The standard InChI is InChI=1S/C19H27F2N3O5/c1-3-22-19(23-8-6-4-5-7-17(25)26-2)24-11-13-9-15-16(28-12-27-15)10-14(13)29-18(20)21/h9-10,18H,3-8,11-12H2,1-2H3,(H2,22,23,24). The molecule has 29 heavy (non-hydrogen) atoms. The van der Waals surface area contributed by atoms with Crippen LogP contribution in [0.4, 0.5) is 8.78 Å². The molecule has 1 aromatic rings. The molecule has 0 spiro atoms. The Morgan fingerprint density at radius 3 is 2.66 bits per heavy atom. The van der Waals surface area contributed by atoms with E-state index < -0.39 is 6.61 Å². The van der Waals surface area contributed by atoms with Gasteiger partial charge in [-0.15, -0.1) is 0 Å². The maximum Gasteiger partial charge on any atom is 0.387 e. The second kappa shape index (κ2) is 11.9. The Bertz CT molecular complexity index is 701. The number of carbonyl (C=O) groups excluding carboxylic acids is 1. The van der Waals surface area contributed by atoms with E-state index in [1.165, 1.54) is 13.2 Å². The van der Waals surface area contributed by atoms with Gasteiger partial charge in [-0.3, -0.25) is 4.79 Å². The number of aliphatic imine (C=N–C) groups is 1. The largest absolute Gasteiger partial charge is 0.469 e. The first-order chi connectivity index (χ1) is 14.0. The van der Waals surface area contributed by atoms with Gasteiger partial charge >= 0.3 is 12.6 Å². The van der Waals surface area contributed by atoms with Crippen LogP contribution in [0.2, 0.25) is 0 Å². The molecule has 1 aromatic carbocycles. The van der Waals surface area contributed by atoms with Crippen molar-refractivity contribution in [3.05, 3.63) is 17.7 Å². The molecule has 8 nitrogen and oxygen atoms in total. The lowest BCUT2D eigenvalue weighted by Crippen LogP contribution is -2.37. The number of unbranched alkanes of at least 4 members (excludes halogenated alkanes) is 2. The number of benzene rings is 1. The number of methoxy groups -OCH3 is 1. The summed E-state index contributed by atoms with van der Waals surface area (Å²) in [7, 11) is 1.38. The topological polar surface area (TPSA) is 90.4 Å². The number of rotatable bonds is 11. The molecule has 1 heterocycles. The molecule has 162 valence electrons. The normalized spacial score (nSPS) is 12.8. The fourth-order valence-electron chi connectivity index (χ4n) is 2.68. The van der Waals surface area contributed by atoms with Crippen LogP contribution in [-0.2, 0) is 16.1 Å². The molecule has 0 aromatic heterocycles. The highest BCUT2D eigenvalue weighted by atomic mass is 19.3. The van der Waals surface area contributed by atoms with E-state index in [-0.39, 0.29) is 25.1 Å². The highest BCUT2D eigenvalue weighted by Crippen LogP contribution is 2.39. The first-order valence-corrected chi connectivity index (χ1v) is 9.49. The molecule has 1 aliphatic heterocycles. The third-order valence-corrected chi connectivity index (χ3v) is 4.10. The highest BCUT2D eigenvalue weighted by molar-refractivity contribution is 5.79. The number of ether oxygens (including phenoxy) is 4. The quantitative estimate of drug-likeness (QED) is 0.249. The summed E-state index contributed by atoms with van der Waals surface area (Å²) in [6.07, 6.45) is 2.89. The van der Waals surface area contributed by atoms with Crippen LogP contribution in [-0.4, -0.2) is 45.5 Å². The minimum absolute atomic E-state index is 0.00617. The molecule has 0 saturated carbocycles. The van der Waals surface area contributed by atoms with E-state index in [2.05, 4.69) is 25.1 Å². The van der Waals surface area contributed by atoms with E-state index in [0.29, 0.717) is 42.5 Å². The summed E-state index contributed by atoms with van der Waals surface area (Å²) in [6, 6.07) is 2.99. The Morgan fingerprint density at radius 1 is 1.21 bits per heavy atom. The maximum absolute atomic E-state index is 12.7. The molecular weight excluding hydrogens is 388 g/mol. The molecule has 1 aliphatic rings. The van der Waals surface area contributed by atoms with Gasteiger partial charge < -0.3 is 29.6 Å². The van der Waals surface area contributed by atoms with Crippen molar-refractivity contribution in [2.75, 3.05) is 27.0 Å². The van der Waals surface area contributed by atoms with Crippen molar-refractivity contribution in [3.8, 4) is 17.2 Å². The molecular formula is C19H27F2N3O5. The molecule has 2 rings (SSSR count). The summed E-state index contributed by atoms with van der Waals surface area (Å²) >= 11 is 0. The zero-order valence-corrected chi connectivity index (χ0v) is 16.6. The zero-order chi connectivity index (χ0) is 21.1. The van der Waals surface area contributed by atoms with E-state index in [4.69, 9.17) is 9.47 Å². The van der Waals surface area contributed by atoms with Gasteiger partial charge in [0, 0.05) is 31.1 Å². The van der Waals surface area contributed by atoms with Gasteiger partial charge in [0.2, 0.25) is 6.79 Å². The van der Waals surface area contributed by atoms with Crippen LogP contribution in [0.25, 0.3) is 0 Å². The number of fused-ring (bicyclic) bond motifs is 1. The fourth-order valence-corrected chi connectivity index (χ4v) is 2.68. The van der Waals surface area contributed by atoms with E-state index in [9.17, 15) is 13.6 Å². The third-order valence-electron chi connectivity index (χ3n) is 4.10. The van der Waals surface area contributed by atoms with Gasteiger partial charge in [-0.2, -0.15) is 8.78 Å². The lowest BCUT2D eigenvalue weighted by atomic mass is 10.1. The number of carbonyl (C=O) groups is 1. The van der Waals surface area contributed by atoms with Gasteiger partial charge in [-0.1, -0.05) is 6.42 Å². The summed E-state index contributed by atoms with van der Waals surface area (Å²) in [5, 5.41) is 6.29. The van der Waals surface area contributed by atoms with Gasteiger partial charge in [0.25, 0.3) is 0 Å². The van der Waals surface area contributed by atoms with Crippen molar-refractivity contribution in [1.29, 1.82) is 0 Å². The SMILES string of the molecule is CCNC(=NCc1cc2c(cc1OC(F)F)OCO2)NCCCCCC(=O)OC. The van der Waals surface area contributed by atoms with Crippen molar-refractivity contribution < 1.29 is 32.5 Å². The van der Waals surface area contributed by atoms with Crippen LogP contribution in [0, 0.1) is 0 Å². The van der Waals surface area contributed by atoms with Gasteiger partial charge in [-0.25, -0.2) is 4.99 Å². The summed E-state index contributed by atoms with van der Waals surface area (Å²) < 4.78 is 45.2. The summed E-state index contributed by atoms with van der Waals surface area (Å²) in [5.74, 6) is 1.19. The molecule has 0 amide bonds. The first kappa shape index (κ1) is 22.5. The third kappa shape index (κ3) is 7.63. The molecule has 0 fully saturated rings. The summed E-state index contributed by atoms with van der Waals surface area (Å²) in [6.45, 7) is 0.450. The van der Waals surface area contributed by atoms with Crippen LogP contribution in [0.15, 0.2) is 17.1 Å². The Kier molecular flexibility index (Phi) is 9.26. The van der Waals surface area contributed by atoms with Crippen molar-refractivity contribution in [1.82, 2.24) is 10.6 Å². The molecule has 0 unspecified atom stereocenters. The predicted molar refractivity (Wildman–Crippen MR) is 102 cm³/mol. The Labute approximate surface area is 168 Å². The second-order valence-electron chi connectivity index (χ2n) is 6.20. The number of alkyl halides is 2. The van der Waals surface area contributed by atoms with Crippen molar-refractivity contribution >= 4 is 11.9 Å². The average molecular weight is 415 g/mol. The maximum atomic E-state index is 12.7. The molecule has 2 N–H and O–H groups in total. The van der Waals surface area contributed by atoms with Gasteiger partial charge in [0.1, 0.15) is 5.75 Å². The van der Waals surface area contributed by atoms with Gasteiger partial charge in [0.15, 0.2) is 17.5 Å². The van der Waals surface area contributed by atoms with Crippen LogP contribution < -0.4 is 24.8 Å². The van der Waals surface area contributed by atoms with E-state index in [1.807, 2.05) is 6.92 Å². The Hall–Kier alpha value is -2.78. The fraction of sp³-hybridized carbons (Fsp3) is 0.579.